The number of fused-ring (bicyclic) bond motifs is 2. The maximum Gasteiger partial charge on any atom is 0.267 e. The molecule has 148 valence electrons. The molecule has 0 atom stereocenters. The van der Waals surface area contributed by atoms with E-state index in [1.807, 2.05) is 38.1 Å². The van der Waals surface area contributed by atoms with Crippen molar-refractivity contribution in [3.05, 3.63) is 87.0 Å². The summed E-state index contributed by atoms with van der Waals surface area (Å²) >= 11 is 0. The maximum absolute atomic E-state index is 13.2. The summed E-state index contributed by atoms with van der Waals surface area (Å²) < 4.78 is 2.92. The third-order valence-electron chi connectivity index (χ3n) is 5.09. The molecule has 0 aliphatic carbocycles. The summed E-state index contributed by atoms with van der Waals surface area (Å²) in [5.74, 6) is 0.957. The van der Waals surface area contributed by atoms with Gasteiger partial charge in [-0.2, -0.15) is 4.98 Å². The molecule has 0 aliphatic rings. The summed E-state index contributed by atoms with van der Waals surface area (Å²) in [5, 5.41) is 7.64. The van der Waals surface area contributed by atoms with Gasteiger partial charge in [0, 0.05) is 24.5 Å². The number of nitrogens with one attached hydrogen (secondary N) is 1. The molecule has 0 aliphatic heterocycles. The van der Waals surface area contributed by atoms with Crippen molar-refractivity contribution in [1.82, 2.24) is 29.3 Å². The second kappa shape index (κ2) is 6.77. The van der Waals surface area contributed by atoms with Crippen LogP contribution in [0.3, 0.4) is 0 Å². The van der Waals surface area contributed by atoms with E-state index in [-0.39, 0.29) is 17.1 Å². The number of aromatic amines is 1. The van der Waals surface area contributed by atoms with Gasteiger partial charge in [0.05, 0.1) is 21.8 Å². The SMILES string of the molecule is CCc1nc(-n2ccc3nc4ccn(-c5cccc(C)c5)c(=O)c4cc3c2=O)n[nH]1. The first-order valence-corrected chi connectivity index (χ1v) is 9.61. The molecule has 4 heterocycles. The first-order chi connectivity index (χ1) is 14.5. The van der Waals surface area contributed by atoms with E-state index < -0.39 is 0 Å². The average molecular weight is 398 g/mol. The molecule has 5 rings (SSSR count). The number of aryl methyl sites for hydroxylation is 2. The lowest BCUT2D eigenvalue weighted by Crippen LogP contribution is -2.21. The van der Waals surface area contributed by atoms with Crippen molar-refractivity contribution in [1.29, 1.82) is 0 Å². The number of benzene rings is 1. The summed E-state index contributed by atoms with van der Waals surface area (Å²) in [6, 6.07) is 12.8. The van der Waals surface area contributed by atoms with Crippen LogP contribution in [-0.4, -0.2) is 29.3 Å². The molecule has 0 unspecified atom stereocenters. The minimum absolute atomic E-state index is 0.228. The summed E-state index contributed by atoms with van der Waals surface area (Å²) in [7, 11) is 0. The summed E-state index contributed by atoms with van der Waals surface area (Å²) in [4.78, 5) is 35.1. The normalized spacial score (nSPS) is 11.4. The zero-order valence-electron chi connectivity index (χ0n) is 16.5. The fourth-order valence-electron chi connectivity index (χ4n) is 3.51. The van der Waals surface area contributed by atoms with E-state index >= 15 is 0 Å². The Morgan fingerprint density at radius 1 is 0.900 bits per heavy atom. The zero-order chi connectivity index (χ0) is 20.8. The molecule has 0 amide bonds. The number of aromatic nitrogens is 6. The van der Waals surface area contributed by atoms with Gasteiger partial charge in [-0.1, -0.05) is 19.1 Å². The van der Waals surface area contributed by atoms with Gasteiger partial charge >= 0.3 is 0 Å². The Bertz CT molecular complexity index is 1540. The lowest BCUT2D eigenvalue weighted by Gasteiger charge is -2.09. The molecular formula is C22H18N6O2. The quantitative estimate of drug-likeness (QED) is 0.471. The van der Waals surface area contributed by atoms with Crippen molar-refractivity contribution in [2.75, 3.05) is 0 Å². The molecule has 8 nitrogen and oxygen atoms in total. The Kier molecular flexibility index (Phi) is 4.06. The molecule has 0 radical (unpaired) electrons. The minimum atomic E-state index is -0.325. The van der Waals surface area contributed by atoms with Crippen molar-refractivity contribution in [3.63, 3.8) is 0 Å². The van der Waals surface area contributed by atoms with E-state index in [0.29, 0.717) is 34.1 Å². The molecule has 4 aromatic heterocycles. The smallest absolute Gasteiger partial charge is 0.267 e. The van der Waals surface area contributed by atoms with Crippen LogP contribution in [0, 0.1) is 6.92 Å². The van der Waals surface area contributed by atoms with Crippen LogP contribution in [0.4, 0.5) is 0 Å². The van der Waals surface area contributed by atoms with E-state index in [1.54, 1.807) is 35.2 Å². The standard InChI is InChI=1S/C22H18N6O2/c1-3-19-24-22(26-25-19)28-10-8-18-16(21(28)30)12-15-17(23-18)7-9-27(20(15)29)14-6-4-5-13(2)11-14/h4-12H,3H2,1-2H3,(H,24,25,26). The molecule has 0 bridgehead atoms. The van der Waals surface area contributed by atoms with Gasteiger partial charge in [0.15, 0.2) is 0 Å². The number of hydrogen-bond donors (Lipinski definition) is 1. The number of hydrogen-bond acceptors (Lipinski definition) is 5. The van der Waals surface area contributed by atoms with Crippen molar-refractivity contribution >= 4 is 21.8 Å². The largest absolute Gasteiger partial charge is 0.284 e. The molecule has 30 heavy (non-hydrogen) atoms. The number of H-pyrrole nitrogens is 1. The van der Waals surface area contributed by atoms with Crippen LogP contribution in [0.1, 0.15) is 18.3 Å². The Morgan fingerprint density at radius 3 is 2.27 bits per heavy atom. The van der Waals surface area contributed by atoms with Crippen molar-refractivity contribution in [2.45, 2.75) is 20.3 Å². The number of rotatable bonds is 3. The number of nitrogens with zero attached hydrogens (tertiary/aromatic N) is 5. The summed E-state index contributed by atoms with van der Waals surface area (Å²) in [6.07, 6.45) is 3.99. The summed E-state index contributed by atoms with van der Waals surface area (Å²) in [5.41, 5.74) is 2.32. The third-order valence-corrected chi connectivity index (χ3v) is 5.09. The summed E-state index contributed by atoms with van der Waals surface area (Å²) in [6.45, 7) is 3.92. The van der Waals surface area contributed by atoms with E-state index in [1.165, 1.54) is 4.57 Å². The van der Waals surface area contributed by atoms with Crippen LogP contribution >= 0.6 is 0 Å². The fourth-order valence-corrected chi connectivity index (χ4v) is 3.51. The van der Waals surface area contributed by atoms with Crippen LogP contribution in [0.5, 0.6) is 0 Å². The predicted octanol–water partition coefficient (Wildman–Crippen LogP) is 2.68. The van der Waals surface area contributed by atoms with E-state index in [0.717, 1.165) is 11.3 Å². The highest BCUT2D eigenvalue weighted by Gasteiger charge is 2.13. The van der Waals surface area contributed by atoms with Gasteiger partial charge in [0.2, 0.25) is 0 Å². The lowest BCUT2D eigenvalue weighted by atomic mass is 10.1. The van der Waals surface area contributed by atoms with Gasteiger partial charge in [-0.25, -0.2) is 9.55 Å². The van der Waals surface area contributed by atoms with Gasteiger partial charge in [0.1, 0.15) is 5.82 Å². The molecule has 8 heteroatoms. The zero-order valence-corrected chi connectivity index (χ0v) is 16.5. The van der Waals surface area contributed by atoms with Crippen molar-refractivity contribution < 1.29 is 0 Å². The van der Waals surface area contributed by atoms with E-state index in [2.05, 4.69) is 20.2 Å². The molecule has 0 saturated heterocycles. The maximum atomic E-state index is 13.2. The fraction of sp³-hybridized carbons (Fsp3) is 0.136. The van der Waals surface area contributed by atoms with Gasteiger partial charge in [-0.15, -0.1) is 5.10 Å². The van der Waals surface area contributed by atoms with Crippen LogP contribution in [0.2, 0.25) is 0 Å². The molecule has 0 fully saturated rings. The highest BCUT2D eigenvalue weighted by molar-refractivity contribution is 5.91. The highest BCUT2D eigenvalue weighted by Crippen LogP contribution is 2.17. The topological polar surface area (TPSA) is 98.5 Å². The van der Waals surface area contributed by atoms with Crippen LogP contribution in [-0.2, 0) is 6.42 Å². The third kappa shape index (κ3) is 2.81. The van der Waals surface area contributed by atoms with Gasteiger partial charge < -0.3 is 0 Å². The Balaban J connectivity index is 1.75. The molecule has 0 spiro atoms. The highest BCUT2D eigenvalue weighted by atomic mass is 16.1. The van der Waals surface area contributed by atoms with E-state index in [4.69, 9.17) is 0 Å². The molecule has 1 N–H and O–H groups in total. The molecule has 0 saturated carbocycles. The molecule has 5 aromatic rings. The first kappa shape index (κ1) is 18.0. The van der Waals surface area contributed by atoms with Crippen LogP contribution < -0.4 is 11.1 Å². The van der Waals surface area contributed by atoms with E-state index in [9.17, 15) is 9.59 Å². The average Bonchev–Trinajstić information content (AvgIpc) is 3.22. The minimum Gasteiger partial charge on any atom is -0.284 e. The Morgan fingerprint density at radius 2 is 1.60 bits per heavy atom. The first-order valence-electron chi connectivity index (χ1n) is 9.61. The second-order valence-corrected chi connectivity index (χ2v) is 7.11. The van der Waals surface area contributed by atoms with Gasteiger partial charge in [-0.05, 0) is 42.8 Å². The number of pyridine rings is 3. The van der Waals surface area contributed by atoms with Crippen LogP contribution in [0.15, 0.2) is 64.4 Å². The lowest BCUT2D eigenvalue weighted by molar-refractivity contribution is 0.901. The van der Waals surface area contributed by atoms with Crippen LogP contribution in [0.25, 0.3) is 33.4 Å². The van der Waals surface area contributed by atoms with Crippen molar-refractivity contribution in [3.8, 4) is 11.6 Å². The Hall–Kier alpha value is -4.07. The molecule has 1 aromatic carbocycles. The Labute approximate surface area is 170 Å². The molecular weight excluding hydrogens is 380 g/mol. The van der Waals surface area contributed by atoms with Gasteiger partial charge in [0.25, 0.3) is 17.1 Å². The predicted molar refractivity (Wildman–Crippen MR) is 114 cm³/mol. The van der Waals surface area contributed by atoms with Crippen molar-refractivity contribution in [2.24, 2.45) is 0 Å². The second-order valence-electron chi connectivity index (χ2n) is 7.11. The monoisotopic (exact) mass is 398 g/mol. The van der Waals surface area contributed by atoms with Gasteiger partial charge in [-0.3, -0.25) is 19.3 Å².